The van der Waals surface area contributed by atoms with Gasteiger partial charge in [-0.1, -0.05) is 83.0 Å². The highest BCUT2D eigenvalue weighted by Gasteiger charge is 1.90. The van der Waals surface area contributed by atoms with Gasteiger partial charge in [0.15, 0.2) is 0 Å². The van der Waals surface area contributed by atoms with Crippen LogP contribution in [0, 0.1) is 0 Å². The van der Waals surface area contributed by atoms with Crippen LogP contribution in [0.1, 0.15) is 27.2 Å². The highest BCUT2D eigenvalue weighted by Crippen LogP contribution is 2.10. The second-order valence-electron chi connectivity index (χ2n) is 2.99. The second-order valence-corrected chi connectivity index (χ2v) is 2.99. The Morgan fingerprint density at radius 3 is 1.88 bits per heavy atom. The number of rotatable bonds is 6. The summed E-state index contributed by atoms with van der Waals surface area (Å²) in [7, 11) is 0. The van der Waals surface area contributed by atoms with Crippen LogP contribution in [-0.2, 0) is 0 Å². The summed E-state index contributed by atoms with van der Waals surface area (Å²) in [4.78, 5) is 0. The van der Waals surface area contributed by atoms with Gasteiger partial charge in [-0.25, -0.2) is 0 Å². The van der Waals surface area contributed by atoms with Gasteiger partial charge in [0.1, 0.15) is 0 Å². The summed E-state index contributed by atoms with van der Waals surface area (Å²) in [6, 6.07) is 0. The maximum atomic E-state index is 3.90. The minimum absolute atomic E-state index is 0.894. The molecule has 0 fully saturated rings. The van der Waals surface area contributed by atoms with E-state index in [2.05, 4.69) is 33.2 Å². The van der Waals surface area contributed by atoms with Crippen molar-refractivity contribution < 1.29 is 0 Å². The molecule has 0 saturated heterocycles. The van der Waals surface area contributed by atoms with Gasteiger partial charge in [0.2, 0.25) is 0 Å². The van der Waals surface area contributed by atoms with Crippen molar-refractivity contribution >= 4 is 0 Å². The molecule has 0 aliphatic carbocycles. The first kappa shape index (κ1) is 16.9. The molecule has 0 aliphatic heterocycles. The molecule has 0 amide bonds. The molecule has 0 aromatic carbocycles. The molecule has 0 aromatic rings. The average Bonchev–Trinajstić information content (AvgIpc) is 2.34. The molecular weight excluding hydrogens is 192 g/mol. The van der Waals surface area contributed by atoms with Crippen LogP contribution in [0.2, 0.25) is 0 Å². The average molecular weight is 216 g/mol. The SMILES string of the molecule is C=C/C=C\C(=C)C(=C)/C=C\C(=C)CC.CC. The molecule has 0 nitrogen and oxygen atoms in total. The van der Waals surface area contributed by atoms with Crippen LogP contribution in [0.5, 0.6) is 0 Å². The predicted molar refractivity (Wildman–Crippen MR) is 77.5 cm³/mol. The third-order valence-electron chi connectivity index (χ3n) is 1.82. The summed E-state index contributed by atoms with van der Waals surface area (Å²) in [5, 5.41) is 0. The van der Waals surface area contributed by atoms with Crippen molar-refractivity contribution in [2.24, 2.45) is 0 Å². The lowest BCUT2D eigenvalue weighted by Gasteiger charge is -1.98. The monoisotopic (exact) mass is 216 g/mol. The van der Waals surface area contributed by atoms with Crippen LogP contribution in [0.25, 0.3) is 0 Å². The zero-order chi connectivity index (χ0) is 13.0. The van der Waals surface area contributed by atoms with E-state index < -0.39 is 0 Å². The van der Waals surface area contributed by atoms with Gasteiger partial charge in [0, 0.05) is 0 Å². The van der Waals surface area contributed by atoms with Crippen LogP contribution in [0.4, 0.5) is 0 Å². The summed E-state index contributed by atoms with van der Waals surface area (Å²) >= 11 is 0. The van der Waals surface area contributed by atoms with E-state index in [9.17, 15) is 0 Å². The molecule has 0 spiro atoms. The Hall–Kier alpha value is -1.56. The lowest BCUT2D eigenvalue weighted by molar-refractivity contribution is 1.16. The van der Waals surface area contributed by atoms with Crippen molar-refractivity contribution in [3.05, 3.63) is 73.4 Å². The van der Waals surface area contributed by atoms with Gasteiger partial charge in [0.05, 0.1) is 0 Å². The first-order valence-electron chi connectivity index (χ1n) is 5.65. The van der Waals surface area contributed by atoms with E-state index in [1.807, 2.05) is 38.2 Å². The molecule has 0 heteroatoms. The number of hydrogen-bond acceptors (Lipinski definition) is 0. The molecule has 0 radical (unpaired) electrons. The summed E-state index contributed by atoms with van der Waals surface area (Å²) < 4.78 is 0. The quantitative estimate of drug-likeness (QED) is 0.522. The van der Waals surface area contributed by atoms with Gasteiger partial charge in [-0.2, -0.15) is 0 Å². The minimum Gasteiger partial charge on any atom is -0.0991 e. The Morgan fingerprint density at radius 1 is 0.938 bits per heavy atom. The van der Waals surface area contributed by atoms with E-state index >= 15 is 0 Å². The first-order chi connectivity index (χ1) is 7.61. The molecule has 88 valence electrons. The summed E-state index contributed by atoms with van der Waals surface area (Å²) in [6.07, 6.45) is 10.3. The van der Waals surface area contributed by atoms with E-state index in [0.29, 0.717) is 0 Å². The van der Waals surface area contributed by atoms with E-state index in [0.717, 1.165) is 23.1 Å². The number of allylic oxidation sites excluding steroid dienone is 8. The van der Waals surface area contributed by atoms with Crippen molar-refractivity contribution in [3.8, 4) is 0 Å². The fourth-order valence-electron chi connectivity index (χ4n) is 0.735. The van der Waals surface area contributed by atoms with Crippen LogP contribution in [0.15, 0.2) is 73.4 Å². The highest BCUT2D eigenvalue weighted by atomic mass is 14.0. The molecular formula is C16H24. The summed E-state index contributed by atoms with van der Waals surface area (Å²) in [5.74, 6) is 0. The lowest BCUT2D eigenvalue weighted by atomic mass is 10.1. The van der Waals surface area contributed by atoms with Gasteiger partial charge >= 0.3 is 0 Å². The Bertz CT molecular complexity index is 298. The largest absolute Gasteiger partial charge is 0.0991 e. The molecule has 0 unspecified atom stereocenters. The molecule has 0 aliphatic rings. The molecule has 0 rings (SSSR count). The lowest BCUT2D eigenvalue weighted by Crippen LogP contribution is -1.78. The van der Waals surface area contributed by atoms with E-state index in [1.54, 1.807) is 6.08 Å². The van der Waals surface area contributed by atoms with Gasteiger partial charge in [-0.3, -0.25) is 0 Å². The zero-order valence-corrected chi connectivity index (χ0v) is 10.9. The molecule has 0 bridgehead atoms. The molecule has 16 heavy (non-hydrogen) atoms. The van der Waals surface area contributed by atoms with E-state index in [-0.39, 0.29) is 0 Å². The minimum atomic E-state index is 0.894. The molecule has 0 heterocycles. The van der Waals surface area contributed by atoms with Crippen LogP contribution in [-0.4, -0.2) is 0 Å². The Labute approximate surface area is 101 Å². The van der Waals surface area contributed by atoms with Crippen LogP contribution < -0.4 is 0 Å². The van der Waals surface area contributed by atoms with Crippen molar-refractivity contribution in [2.45, 2.75) is 27.2 Å². The predicted octanol–water partition coefficient (Wildman–Crippen LogP) is 5.39. The normalized spacial score (nSPS) is 9.69. The van der Waals surface area contributed by atoms with E-state index in [4.69, 9.17) is 0 Å². The van der Waals surface area contributed by atoms with Gasteiger partial charge < -0.3 is 0 Å². The second kappa shape index (κ2) is 11.5. The van der Waals surface area contributed by atoms with Crippen molar-refractivity contribution in [1.29, 1.82) is 0 Å². The smallest absolute Gasteiger partial charge is 0.0262 e. The fourth-order valence-corrected chi connectivity index (χ4v) is 0.735. The molecule has 0 N–H and O–H groups in total. The van der Waals surface area contributed by atoms with Gasteiger partial charge in [-0.15, -0.1) is 0 Å². The zero-order valence-electron chi connectivity index (χ0n) is 10.9. The van der Waals surface area contributed by atoms with E-state index in [1.165, 1.54) is 0 Å². The third kappa shape index (κ3) is 9.01. The topological polar surface area (TPSA) is 0 Å². The molecule has 0 atom stereocenters. The molecule has 0 aromatic heterocycles. The Kier molecular flexibility index (Phi) is 12.1. The fraction of sp³-hybridized carbons (Fsp3) is 0.250. The summed E-state index contributed by atoms with van der Waals surface area (Å²) in [5.41, 5.74) is 2.88. The van der Waals surface area contributed by atoms with Crippen molar-refractivity contribution in [3.63, 3.8) is 0 Å². The third-order valence-corrected chi connectivity index (χ3v) is 1.82. The Morgan fingerprint density at radius 2 is 1.44 bits per heavy atom. The van der Waals surface area contributed by atoms with Gasteiger partial charge in [-0.05, 0) is 17.6 Å². The Balaban J connectivity index is 0. The van der Waals surface area contributed by atoms with Crippen molar-refractivity contribution in [1.82, 2.24) is 0 Å². The van der Waals surface area contributed by atoms with Gasteiger partial charge in [0.25, 0.3) is 0 Å². The van der Waals surface area contributed by atoms with Crippen LogP contribution >= 0.6 is 0 Å². The molecule has 0 saturated carbocycles. The van der Waals surface area contributed by atoms with Crippen molar-refractivity contribution in [2.75, 3.05) is 0 Å². The highest BCUT2D eigenvalue weighted by molar-refractivity contribution is 5.44. The number of hydrogen-bond donors (Lipinski definition) is 0. The summed E-state index contributed by atoms with van der Waals surface area (Å²) in [6.45, 7) is 21.3. The van der Waals surface area contributed by atoms with Crippen LogP contribution in [0.3, 0.4) is 0 Å². The standard InChI is InChI=1S/C14H18.C2H6/c1-6-8-9-13(4)14(5)11-10-12(3)7-2;1-2/h6,8-11H,1,3-5,7H2,2H3;1-2H3/b9-8-,11-10-;. The maximum Gasteiger partial charge on any atom is -0.0262 e. The maximum absolute atomic E-state index is 3.90. The first-order valence-corrected chi connectivity index (χ1v) is 5.65.